The van der Waals surface area contributed by atoms with Crippen LogP contribution in [0, 0.1) is 0 Å². The molecule has 4 heteroatoms. The first kappa shape index (κ1) is 19.6. The van der Waals surface area contributed by atoms with Crippen LogP contribution in [-0.2, 0) is 11.5 Å². The monoisotopic (exact) mass is 321 g/mol. The van der Waals surface area contributed by atoms with Gasteiger partial charge in [-0.05, 0) is 6.42 Å². The van der Waals surface area contributed by atoms with E-state index < -0.39 is 0 Å². The van der Waals surface area contributed by atoms with Crippen LogP contribution in [0.25, 0.3) is 0 Å². The normalized spacial score (nSPS) is 11.3. The minimum absolute atomic E-state index is 0.577. The maximum atomic E-state index is 8.45. The summed E-state index contributed by atoms with van der Waals surface area (Å²) in [4.78, 5) is 0. The molecule has 1 N–H and O–H groups in total. The van der Waals surface area contributed by atoms with E-state index in [0.29, 0.717) is 6.73 Å². The molecule has 0 unspecified atom stereocenters. The highest BCUT2D eigenvalue weighted by atomic mass is 16.5. The third-order valence-electron chi connectivity index (χ3n) is 4.01. The molecule has 1 aromatic rings. The van der Waals surface area contributed by atoms with Gasteiger partial charge in [-0.2, -0.15) is 4.57 Å². The van der Waals surface area contributed by atoms with Crippen LogP contribution in [0.15, 0.2) is 29.7 Å². The highest BCUT2D eigenvalue weighted by molar-refractivity contribution is 5.78. The smallest absolute Gasteiger partial charge is 0.252 e. The van der Waals surface area contributed by atoms with Gasteiger partial charge in [0, 0.05) is 17.7 Å². The maximum absolute atomic E-state index is 8.45. The van der Waals surface area contributed by atoms with E-state index in [-0.39, 0.29) is 0 Å². The lowest BCUT2D eigenvalue weighted by Gasteiger charge is -2.03. The third-order valence-corrected chi connectivity index (χ3v) is 4.01. The molecule has 0 fully saturated rings. The van der Waals surface area contributed by atoms with Gasteiger partial charge >= 0.3 is 0 Å². The molecule has 0 aliphatic heterocycles. The van der Waals surface area contributed by atoms with Crippen LogP contribution in [0.1, 0.15) is 76.7 Å². The first-order valence-corrected chi connectivity index (χ1v) is 9.11. The molecule has 1 aromatic heterocycles. The number of hydrogen-bond acceptors (Lipinski definition) is 3. The van der Waals surface area contributed by atoms with E-state index in [1.54, 1.807) is 0 Å². The highest BCUT2D eigenvalue weighted by Crippen LogP contribution is 2.10. The third kappa shape index (κ3) is 10.9. The van der Waals surface area contributed by atoms with Crippen LogP contribution in [0.4, 0.5) is 0 Å². The van der Waals surface area contributed by atoms with Crippen LogP contribution in [-0.4, -0.2) is 18.0 Å². The van der Waals surface area contributed by atoms with Gasteiger partial charge in [-0.15, -0.1) is 0 Å². The Morgan fingerprint density at radius 2 is 1.52 bits per heavy atom. The zero-order chi connectivity index (χ0) is 16.6. The number of oxime groups is 1. The van der Waals surface area contributed by atoms with Gasteiger partial charge in [0.15, 0.2) is 12.4 Å². The fourth-order valence-electron chi connectivity index (χ4n) is 2.57. The molecule has 1 heterocycles. The number of unbranched alkanes of at least 4 members (excludes halogenated alkanes) is 9. The van der Waals surface area contributed by atoms with Crippen LogP contribution in [0.3, 0.4) is 0 Å². The molecular weight excluding hydrogens is 288 g/mol. The molecule has 23 heavy (non-hydrogen) atoms. The lowest BCUT2D eigenvalue weighted by Crippen LogP contribution is -2.34. The second-order valence-corrected chi connectivity index (χ2v) is 6.11. The predicted octanol–water partition coefficient (Wildman–Crippen LogP) is 4.68. The number of rotatable bonds is 14. The number of nitrogens with zero attached hydrogens (tertiary/aromatic N) is 2. The summed E-state index contributed by atoms with van der Waals surface area (Å²) in [6.45, 7) is 3.67. The molecule has 0 aromatic carbocycles. The molecule has 0 radical (unpaired) electrons. The molecule has 0 atom stereocenters. The van der Waals surface area contributed by atoms with Crippen molar-refractivity contribution in [2.75, 3.05) is 6.61 Å². The average molecular weight is 321 g/mol. The summed E-state index contributed by atoms with van der Waals surface area (Å²) in [5, 5.41) is 11.5. The zero-order valence-corrected chi connectivity index (χ0v) is 14.6. The van der Waals surface area contributed by atoms with Gasteiger partial charge < -0.3 is 9.94 Å². The Bertz CT molecular complexity index is 404. The Kier molecular flexibility index (Phi) is 12.1. The Morgan fingerprint density at radius 1 is 0.957 bits per heavy atom. The topological polar surface area (TPSA) is 45.7 Å². The summed E-state index contributed by atoms with van der Waals surface area (Å²) in [6.07, 6.45) is 18.7. The number of hydrogen-bond donors (Lipinski definition) is 1. The molecular formula is C19H33N2O2+. The molecule has 0 bridgehead atoms. The quantitative estimate of drug-likeness (QED) is 0.178. The number of pyridine rings is 1. The molecule has 1 rings (SSSR count). The van der Waals surface area contributed by atoms with Gasteiger partial charge in [-0.25, -0.2) is 0 Å². The van der Waals surface area contributed by atoms with Crippen molar-refractivity contribution in [1.82, 2.24) is 0 Å². The van der Waals surface area contributed by atoms with E-state index in [1.165, 1.54) is 64.0 Å². The Labute approximate surface area is 141 Å². The van der Waals surface area contributed by atoms with Crippen LogP contribution >= 0.6 is 0 Å². The van der Waals surface area contributed by atoms with Gasteiger partial charge in [0.1, 0.15) is 0 Å². The maximum Gasteiger partial charge on any atom is 0.252 e. The minimum Gasteiger partial charge on any atom is -0.411 e. The molecule has 0 saturated heterocycles. The summed E-state index contributed by atoms with van der Waals surface area (Å²) >= 11 is 0. The minimum atomic E-state index is 0.577. The van der Waals surface area contributed by atoms with Crippen molar-refractivity contribution in [3.8, 4) is 0 Å². The molecule has 0 aliphatic rings. The fourth-order valence-corrected chi connectivity index (χ4v) is 2.57. The van der Waals surface area contributed by atoms with E-state index in [1.807, 2.05) is 29.1 Å². The average Bonchev–Trinajstić information content (AvgIpc) is 2.57. The molecule has 4 nitrogen and oxygen atoms in total. The molecule has 0 amide bonds. The number of ether oxygens (including phenoxy) is 1. The van der Waals surface area contributed by atoms with E-state index in [0.717, 1.165) is 18.6 Å². The van der Waals surface area contributed by atoms with Gasteiger partial charge in [-0.1, -0.05) is 69.9 Å². The van der Waals surface area contributed by atoms with E-state index >= 15 is 0 Å². The molecule has 0 saturated carbocycles. The second kappa shape index (κ2) is 14.2. The SMILES string of the molecule is CCCCCCCCCCCCOC[n+]1ccc(C=NO)cc1. The van der Waals surface area contributed by atoms with Crippen molar-refractivity contribution in [2.24, 2.45) is 5.16 Å². The summed E-state index contributed by atoms with van der Waals surface area (Å²) in [5.41, 5.74) is 0.874. The zero-order valence-electron chi connectivity index (χ0n) is 14.6. The van der Waals surface area contributed by atoms with Crippen molar-refractivity contribution in [2.45, 2.75) is 77.9 Å². The first-order valence-electron chi connectivity index (χ1n) is 9.11. The van der Waals surface area contributed by atoms with Crippen molar-refractivity contribution in [3.05, 3.63) is 30.1 Å². The first-order chi connectivity index (χ1) is 11.4. The van der Waals surface area contributed by atoms with Crippen molar-refractivity contribution in [3.63, 3.8) is 0 Å². The Hall–Kier alpha value is -1.42. The van der Waals surface area contributed by atoms with Gasteiger partial charge in [0.2, 0.25) is 0 Å². The second-order valence-electron chi connectivity index (χ2n) is 6.11. The Morgan fingerprint density at radius 3 is 2.09 bits per heavy atom. The highest BCUT2D eigenvalue weighted by Gasteiger charge is 2.00. The summed E-state index contributed by atoms with van der Waals surface area (Å²) in [5.74, 6) is 0. The van der Waals surface area contributed by atoms with E-state index in [4.69, 9.17) is 9.94 Å². The summed E-state index contributed by atoms with van der Waals surface area (Å²) in [7, 11) is 0. The van der Waals surface area contributed by atoms with Crippen LogP contribution in [0.2, 0.25) is 0 Å². The van der Waals surface area contributed by atoms with Crippen LogP contribution < -0.4 is 4.57 Å². The van der Waals surface area contributed by atoms with Gasteiger partial charge in [-0.3, -0.25) is 0 Å². The molecule has 130 valence electrons. The summed E-state index contributed by atoms with van der Waals surface area (Å²) < 4.78 is 7.65. The van der Waals surface area contributed by atoms with Crippen molar-refractivity contribution >= 4 is 6.21 Å². The standard InChI is InChI=1S/C19H32N2O2/c1-2-3-4-5-6-7-8-9-10-11-16-23-18-21-14-12-19(13-15-21)17-20-22/h12-15,17H,2-11,16,18H2,1H3/p+1. The van der Waals surface area contributed by atoms with Crippen molar-refractivity contribution < 1.29 is 14.5 Å². The summed E-state index contributed by atoms with van der Waals surface area (Å²) in [6, 6.07) is 3.78. The largest absolute Gasteiger partial charge is 0.411 e. The van der Waals surface area contributed by atoms with Crippen molar-refractivity contribution in [1.29, 1.82) is 0 Å². The Balaban J connectivity index is 1.89. The van der Waals surface area contributed by atoms with Gasteiger partial charge in [0.25, 0.3) is 6.73 Å². The molecule has 0 spiro atoms. The number of aromatic nitrogens is 1. The predicted molar refractivity (Wildman–Crippen MR) is 93.8 cm³/mol. The lowest BCUT2D eigenvalue weighted by atomic mass is 10.1. The van der Waals surface area contributed by atoms with Gasteiger partial charge in [0.05, 0.1) is 12.8 Å². The van der Waals surface area contributed by atoms with Crippen LogP contribution in [0.5, 0.6) is 0 Å². The lowest BCUT2D eigenvalue weighted by molar-refractivity contribution is -0.732. The van der Waals surface area contributed by atoms with E-state index in [2.05, 4.69) is 12.1 Å². The molecule has 0 aliphatic carbocycles. The van der Waals surface area contributed by atoms with E-state index in [9.17, 15) is 0 Å². The fraction of sp³-hybridized carbons (Fsp3) is 0.684.